The lowest BCUT2D eigenvalue weighted by atomic mass is 10.2. The van der Waals surface area contributed by atoms with Crippen molar-refractivity contribution in [3.8, 4) is 16.3 Å². The Kier molecular flexibility index (Phi) is 6.94. The molecule has 4 aromatic heterocycles. The number of amides is 2. The van der Waals surface area contributed by atoms with Crippen LogP contribution in [0.4, 0.5) is 5.69 Å². The number of carbonyl (C=O) groups excluding carboxylic acids is 2. The minimum Gasteiger partial charge on any atom is -0.481 e. The SMILES string of the molecule is COc1c(-c2cn3ncc(C(=O)Nc4cc(C(=O)NCCN5CCC[C@@H]5C)cnc4C)c3s2)cnn1C. The largest absolute Gasteiger partial charge is 0.481 e. The molecule has 0 bridgehead atoms. The van der Waals surface area contributed by atoms with E-state index in [0.29, 0.717) is 45.8 Å². The van der Waals surface area contributed by atoms with Crippen molar-refractivity contribution in [2.45, 2.75) is 32.7 Å². The number of aryl methyl sites for hydroxylation is 2. The summed E-state index contributed by atoms with van der Waals surface area (Å²) in [5.74, 6) is 0.0883. The van der Waals surface area contributed by atoms with E-state index in [1.807, 2.05) is 6.20 Å². The summed E-state index contributed by atoms with van der Waals surface area (Å²) in [6, 6.07) is 2.22. The summed E-state index contributed by atoms with van der Waals surface area (Å²) in [5, 5.41) is 14.5. The molecule has 4 aromatic rings. The van der Waals surface area contributed by atoms with Crippen LogP contribution in [0, 0.1) is 6.92 Å². The Labute approximate surface area is 218 Å². The molecule has 2 amide bonds. The number of ether oxygens (including phenoxy) is 1. The van der Waals surface area contributed by atoms with Gasteiger partial charge in [0, 0.05) is 38.6 Å². The first-order valence-electron chi connectivity index (χ1n) is 12.2. The third-order valence-electron chi connectivity index (χ3n) is 6.76. The Morgan fingerprint density at radius 2 is 2.05 bits per heavy atom. The molecule has 37 heavy (non-hydrogen) atoms. The van der Waals surface area contributed by atoms with Gasteiger partial charge in [-0.25, -0.2) is 9.20 Å². The number of nitrogens with one attached hydrogen (secondary N) is 2. The van der Waals surface area contributed by atoms with Crippen molar-refractivity contribution in [2.24, 2.45) is 7.05 Å². The van der Waals surface area contributed by atoms with Crippen LogP contribution in [-0.2, 0) is 7.05 Å². The third-order valence-corrected chi connectivity index (χ3v) is 7.90. The van der Waals surface area contributed by atoms with Gasteiger partial charge in [-0.15, -0.1) is 11.3 Å². The fourth-order valence-electron chi connectivity index (χ4n) is 4.62. The predicted molar refractivity (Wildman–Crippen MR) is 141 cm³/mol. The molecule has 1 aliphatic heterocycles. The fraction of sp³-hybridized carbons (Fsp3) is 0.400. The Morgan fingerprint density at radius 1 is 1.22 bits per heavy atom. The first-order valence-corrected chi connectivity index (χ1v) is 13.0. The standard InChI is InChI=1S/C25H30N8O3S/c1-15-6-5-8-32(15)9-7-26-22(34)17-10-20(16(2)27-11-17)30-23(35)19-13-29-33-14-21(37-25(19)33)18-12-28-31(3)24(18)36-4/h10-15H,5-9H2,1-4H3,(H,26,34)(H,30,35)/t15-/m0/s1. The summed E-state index contributed by atoms with van der Waals surface area (Å²) in [4.78, 5) is 34.2. The molecule has 5 rings (SSSR count). The van der Waals surface area contributed by atoms with Gasteiger partial charge in [0.05, 0.1) is 52.5 Å². The molecule has 0 radical (unpaired) electrons. The molecule has 5 heterocycles. The number of hydrogen-bond donors (Lipinski definition) is 2. The van der Waals surface area contributed by atoms with Crippen molar-refractivity contribution in [3.05, 3.63) is 47.7 Å². The molecular weight excluding hydrogens is 492 g/mol. The predicted octanol–water partition coefficient (Wildman–Crippen LogP) is 2.97. The molecule has 1 atom stereocenters. The summed E-state index contributed by atoms with van der Waals surface area (Å²) >= 11 is 1.42. The number of carbonyl (C=O) groups is 2. The minimum absolute atomic E-state index is 0.212. The number of aromatic nitrogens is 5. The van der Waals surface area contributed by atoms with Gasteiger partial charge >= 0.3 is 0 Å². The van der Waals surface area contributed by atoms with Crippen molar-refractivity contribution in [2.75, 3.05) is 32.1 Å². The van der Waals surface area contributed by atoms with Crippen LogP contribution in [0.1, 0.15) is 46.2 Å². The normalized spacial score (nSPS) is 15.8. The van der Waals surface area contributed by atoms with E-state index >= 15 is 0 Å². The van der Waals surface area contributed by atoms with Crippen LogP contribution in [-0.4, -0.2) is 73.9 Å². The lowest BCUT2D eigenvalue weighted by Gasteiger charge is -2.20. The topological polar surface area (TPSA) is 119 Å². The van der Waals surface area contributed by atoms with Crippen LogP contribution >= 0.6 is 11.3 Å². The summed E-state index contributed by atoms with van der Waals surface area (Å²) in [7, 11) is 3.40. The van der Waals surface area contributed by atoms with Crippen LogP contribution in [0.5, 0.6) is 5.88 Å². The van der Waals surface area contributed by atoms with E-state index < -0.39 is 0 Å². The molecule has 11 nitrogen and oxygen atoms in total. The maximum atomic E-state index is 13.2. The molecular formula is C25H30N8O3S. The lowest BCUT2D eigenvalue weighted by Crippen LogP contribution is -2.36. The van der Waals surface area contributed by atoms with Gasteiger partial charge in [0.25, 0.3) is 11.8 Å². The highest BCUT2D eigenvalue weighted by Crippen LogP contribution is 2.36. The highest BCUT2D eigenvalue weighted by Gasteiger charge is 2.22. The quantitative estimate of drug-likeness (QED) is 0.365. The zero-order chi connectivity index (χ0) is 26.1. The van der Waals surface area contributed by atoms with E-state index in [0.717, 1.165) is 23.5 Å². The maximum Gasteiger partial charge on any atom is 0.260 e. The van der Waals surface area contributed by atoms with E-state index in [9.17, 15) is 9.59 Å². The fourth-order valence-corrected chi connectivity index (χ4v) is 5.68. The molecule has 1 saturated heterocycles. The van der Waals surface area contributed by atoms with E-state index in [4.69, 9.17) is 4.74 Å². The molecule has 194 valence electrons. The molecule has 0 unspecified atom stereocenters. The number of thiazole rings is 1. The number of anilines is 1. The van der Waals surface area contributed by atoms with Crippen LogP contribution in [0.2, 0.25) is 0 Å². The van der Waals surface area contributed by atoms with E-state index in [1.54, 1.807) is 42.5 Å². The van der Waals surface area contributed by atoms with Gasteiger partial charge in [-0.05, 0) is 39.3 Å². The molecule has 0 aromatic carbocycles. The first-order chi connectivity index (χ1) is 17.9. The summed E-state index contributed by atoms with van der Waals surface area (Å²) in [6.07, 6.45) is 9.03. The molecule has 0 aliphatic carbocycles. The van der Waals surface area contributed by atoms with Crippen LogP contribution in [0.15, 0.2) is 30.9 Å². The Hall–Kier alpha value is -3.77. The van der Waals surface area contributed by atoms with Crippen LogP contribution in [0.3, 0.4) is 0 Å². The van der Waals surface area contributed by atoms with Gasteiger partial charge in [-0.3, -0.25) is 19.5 Å². The smallest absolute Gasteiger partial charge is 0.260 e. The average Bonchev–Trinajstić information content (AvgIpc) is 3.64. The Bertz CT molecular complexity index is 1460. The van der Waals surface area contributed by atoms with Crippen LogP contribution < -0.4 is 15.4 Å². The second-order valence-corrected chi connectivity index (χ2v) is 10.2. The second-order valence-electron chi connectivity index (χ2n) is 9.19. The number of hydrogen-bond acceptors (Lipinski definition) is 8. The second kappa shape index (κ2) is 10.3. The highest BCUT2D eigenvalue weighted by atomic mass is 32.1. The number of fused-ring (bicyclic) bond motifs is 1. The molecule has 0 saturated carbocycles. The van der Waals surface area contributed by atoms with Crippen molar-refractivity contribution in [1.29, 1.82) is 0 Å². The number of likely N-dealkylation sites (tertiary alicyclic amines) is 1. The highest BCUT2D eigenvalue weighted by molar-refractivity contribution is 7.21. The summed E-state index contributed by atoms with van der Waals surface area (Å²) in [6.45, 7) is 6.46. The van der Waals surface area contributed by atoms with Crippen LogP contribution in [0.25, 0.3) is 15.3 Å². The monoisotopic (exact) mass is 522 g/mol. The van der Waals surface area contributed by atoms with Gasteiger partial charge in [0.1, 0.15) is 4.83 Å². The lowest BCUT2D eigenvalue weighted by molar-refractivity contribution is 0.0946. The summed E-state index contributed by atoms with van der Waals surface area (Å²) in [5.41, 5.74) is 2.75. The molecule has 1 aliphatic rings. The first kappa shape index (κ1) is 24.9. The molecule has 1 fully saturated rings. The van der Waals surface area contributed by atoms with E-state index in [-0.39, 0.29) is 11.8 Å². The number of rotatable bonds is 8. The number of nitrogens with zero attached hydrogens (tertiary/aromatic N) is 6. The van der Waals surface area contributed by atoms with Crippen molar-refractivity contribution >= 4 is 33.7 Å². The van der Waals surface area contributed by atoms with E-state index in [1.165, 1.54) is 36.6 Å². The molecule has 0 spiro atoms. The zero-order valence-electron chi connectivity index (χ0n) is 21.3. The third kappa shape index (κ3) is 4.94. The Morgan fingerprint density at radius 3 is 2.81 bits per heavy atom. The number of methoxy groups -OCH3 is 1. The van der Waals surface area contributed by atoms with Gasteiger partial charge in [-0.2, -0.15) is 10.2 Å². The average molecular weight is 523 g/mol. The van der Waals surface area contributed by atoms with Crippen molar-refractivity contribution < 1.29 is 14.3 Å². The molecule has 12 heteroatoms. The van der Waals surface area contributed by atoms with Crippen molar-refractivity contribution in [1.82, 2.24) is 34.6 Å². The van der Waals surface area contributed by atoms with Gasteiger partial charge < -0.3 is 15.4 Å². The van der Waals surface area contributed by atoms with Gasteiger partial charge in [0.15, 0.2) is 0 Å². The maximum absolute atomic E-state index is 13.2. The minimum atomic E-state index is -0.327. The Balaban J connectivity index is 1.29. The van der Waals surface area contributed by atoms with Gasteiger partial charge in [-0.1, -0.05) is 0 Å². The number of pyridine rings is 1. The molecule has 2 N–H and O–H groups in total. The van der Waals surface area contributed by atoms with Gasteiger partial charge in [0.2, 0.25) is 5.88 Å². The van der Waals surface area contributed by atoms with E-state index in [2.05, 4.69) is 37.6 Å². The summed E-state index contributed by atoms with van der Waals surface area (Å²) < 4.78 is 8.77. The van der Waals surface area contributed by atoms with Crippen molar-refractivity contribution in [3.63, 3.8) is 0 Å². The zero-order valence-corrected chi connectivity index (χ0v) is 22.1.